The molecule has 0 unspecified atom stereocenters. The molecule has 5 nitrogen and oxygen atoms in total. The average Bonchev–Trinajstić information content (AvgIpc) is 3.39. The molecule has 2 aliphatic heterocycles. The van der Waals surface area contributed by atoms with E-state index >= 15 is 0 Å². The van der Waals surface area contributed by atoms with Gasteiger partial charge in [0.1, 0.15) is 5.57 Å². The molecule has 34 heavy (non-hydrogen) atoms. The first-order valence-electron chi connectivity index (χ1n) is 11.4. The molecule has 6 heteroatoms. The zero-order valence-corrected chi connectivity index (χ0v) is 19.8. The van der Waals surface area contributed by atoms with E-state index in [1.807, 2.05) is 73.7 Å². The van der Waals surface area contributed by atoms with Gasteiger partial charge >= 0.3 is 0 Å². The number of thiocarbonyl (C=S) groups is 1. The normalized spacial score (nSPS) is 16.4. The summed E-state index contributed by atoms with van der Waals surface area (Å²) in [5, 5.41) is 0.144. The zero-order valence-electron chi connectivity index (χ0n) is 19.0. The summed E-state index contributed by atoms with van der Waals surface area (Å²) < 4.78 is 0. The van der Waals surface area contributed by atoms with Crippen molar-refractivity contribution in [3.63, 3.8) is 0 Å². The summed E-state index contributed by atoms with van der Waals surface area (Å²) in [6.07, 6.45) is 4.11. The Bertz CT molecular complexity index is 1220. The molecule has 170 valence electrons. The van der Waals surface area contributed by atoms with Crippen molar-refractivity contribution >= 4 is 52.3 Å². The summed E-state index contributed by atoms with van der Waals surface area (Å²) in [5.41, 5.74) is 4.36. The third kappa shape index (κ3) is 4.01. The molecule has 0 saturated carbocycles. The maximum Gasteiger partial charge on any atom is 0.270 e. The highest BCUT2D eigenvalue weighted by Crippen LogP contribution is 2.31. The van der Waals surface area contributed by atoms with E-state index in [0.29, 0.717) is 11.4 Å². The van der Waals surface area contributed by atoms with E-state index in [9.17, 15) is 9.59 Å². The molecule has 5 rings (SSSR count). The molecule has 0 aromatic heterocycles. The zero-order chi connectivity index (χ0) is 23.7. The monoisotopic (exact) mass is 467 g/mol. The largest absolute Gasteiger partial charge is 0.372 e. The van der Waals surface area contributed by atoms with Gasteiger partial charge in [-0.2, -0.15) is 0 Å². The van der Waals surface area contributed by atoms with Crippen LogP contribution in [0.25, 0.3) is 6.08 Å². The number of para-hydroxylation sites is 2. The topological polar surface area (TPSA) is 43.9 Å². The molecule has 3 aromatic carbocycles. The van der Waals surface area contributed by atoms with Gasteiger partial charge in [-0.3, -0.25) is 19.4 Å². The lowest BCUT2D eigenvalue weighted by Gasteiger charge is -2.36. The first kappa shape index (κ1) is 22.0. The van der Waals surface area contributed by atoms with Crippen LogP contribution in [0.3, 0.4) is 0 Å². The van der Waals surface area contributed by atoms with Crippen LogP contribution in [0.5, 0.6) is 0 Å². The lowest BCUT2D eigenvalue weighted by atomic mass is 10.0. The van der Waals surface area contributed by atoms with Crippen molar-refractivity contribution in [3.8, 4) is 0 Å². The number of amides is 2. The highest BCUT2D eigenvalue weighted by atomic mass is 32.1. The number of hydrogen-bond donors (Lipinski definition) is 0. The van der Waals surface area contributed by atoms with Gasteiger partial charge in [-0.15, -0.1) is 0 Å². The quantitative estimate of drug-likeness (QED) is 0.295. The lowest BCUT2D eigenvalue weighted by Crippen LogP contribution is -2.56. The Kier molecular flexibility index (Phi) is 5.99. The van der Waals surface area contributed by atoms with Crippen molar-refractivity contribution in [2.45, 2.75) is 19.8 Å². The Hall–Kier alpha value is -3.77. The Morgan fingerprint density at radius 2 is 1.26 bits per heavy atom. The Morgan fingerprint density at radius 1 is 0.735 bits per heavy atom. The predicted octanol–water partition coefficient (Wildman–Crippen LogP) is 5.34. The van der Waals surface area contributed by atoms with E-state index < -0.39 is 11.8 Å². The molecule has 0 N–H and O–H groups in total. The summed E-state index contributed by atoms with van der Waals surface area (Å²) in [7, 11) is 0. The first-order valence-corrected chi connectivity index (χ1v) is 11.9. The van der Waals surface area contributed by atoms with Crippen molar-refractivity contribution in [1.29, 1.82) is 0 Å². The summed E-state index contributed by atoms with van der Waals surface area (Å²) in [6.45, 7) is 4.14. The minimum absolute atomic E-state index is 0.0818. The third-order valence-corrected chi connectivity index (χ3v) is 6.67. The van der Waals surface area contributed by atoms with Crippen LogP contribution in [0.15, 0.2) is 84.4 Å². The SMILES string of the molecule is Cc1cc(N2CCCC2)ccc1C=C1C(=O)N(c2ccccc2)C(=S)N(c2ccccc2)C1=O. The second kappa shape index (κ2) is 9.23. The van der Waals surface area contributed by atoms with Gasteiger partial charge in [0, 0.05) is 18.8 Å². The number of benzene rings is 3. The van der Waals surface area contributed by atoms with Crippen molar-refractivity contribution in [2.75, 3.05) is 27.8 Å². The second-order valence-electron chi connectivity index (χ2n) is 8.53. The fourth-order valence-corrected chi connectivity index (χ4v) is 4.87. The van der Waals surface area contributed by atoms with Crippen molar-refractivity contribution < 1.29 is 9.59 Å². The van der Waals surface area contributed by atoms with Crippen LogP contribution in [0.4, 0.5) is 17.1 Å². The predicted molar refractivity (Wildman–Crippen MR) is 141 cm³/mol. The van der Waals surface area contributed by atoms with Crippen LogP contribution >= 0.6 is 12.2 Å². The molecule has 2 amide bonds. The summed E-state index contributed by atoms with van der Waals surface area (Å²) >= 11 is 5.67. The van der Waals surface area contributed by atoms with Gasteiger partial charge in [-0.1, -0.05) is 42.5 Å². The van der Waals surface area contributed by atoms with Crippen LogP contribution in [-0.2, 0) is 9.59 Å². The minimum Gasteiger partial charge on any atom is -0.372 e. The fraction of sp³-hybridized carbons (Fsp3) is 0.179. The smallest absolute Gasteiger partial charge is 0.270 e. The summed E-state index contributed by atoms with van der Waals surface area (Å²) in [6, 6.07) is 24.6. The molecule has 0 aliphatic carbocycles. The number of carbonyl (C=O) groups excluding carboxylic acids is 2. The van der Waals surface area contributed by atoms with E-state index in [4.69, 9.17) is 12.2 Å². The van der Waals surface area contributed by atoms with E-state index in [1.54, 1.807) is 6.08 Å². The van der Waals surface area contributed by atoms with E-state index in [-0.39, 0.29) is 10.7 Å². The van der Waals surface area contributed by atoms with Crippen LogP contribution in [0.2, 0.25) is 0 Å². The minimum atomic E-state index is -0.420. The Labute approximate surface area is 204 Å². The number of hydrogen-bond acceptors (Lipinski definition) is 4. The van der Waals surface area contributed by atoms with Gasteiger partial charge in [0.15, 0.2) is 5.11 Å². The summed E-state index contributed by atoms with van der Waals surface area (Å²) in [4.78, 5) is 32.5. The maximum absolute atomic E-state index is 13.6. The Balaban J connectivity index is 1.59. The van der Waals surface area contributed by atoms with Crippen LogP contribution < -0.4 is 14.7 Å². The fourth-order valence-electron chi connectivity index (χ4n) is 4.49. The van der Waals surface area contributed by atoms with Crippen molar-refractivity contribution in [3.05, 3.63) is 95.6 Å². The number of nitrogens with zero attached hydrogens (tertiary/aromatic N) is 3. The third-order valence-electron chi connectivity index (χ3n) is 6.30. The van der Waals surface area contributed by atoms with Crippen molar-refractivity contribution in [1.82, 2.24) is 0 Å². The second-order valence-corrected chi connectivity index (χ2v) is 8.89. The number of anilines is 3. The molecule has 0 spiro atoms. The first-order chi connectivity index (χ1) is 16.5. The van der Waals surface area contributed by atoms with E-state index in [2.05, 4.69) is 17.0 Å². The lowest BCUT2D eigenvalue weighted by molar-refractivity contribution is -0.120. The standard InChI is InChI=1S/C28H25N3O2S/c1-20-18-24(29-16-8-9-17-29)15-14-21(20)19-25-26(32)30(22-10-4-2-5-11-22)28(34)31(27(25)33)23-12-6-3-7-13-23/h2-7,10-15,18-19H,8-9,16-17H2,1H3. The van der Waals surface area contributed by atoms with Gasteiger partial charge in [0.25, 0.3) is 11.8 Å². The summed E-state index contributed by atoms with van der Waals surface area (Å²) in [5.74, 6) is -0.840. The Morgan fingerprint density at radius 3 is 1.76 bits per heavy atom. The van der Waals surface area contributed by atoms with Crippen molar-refractivity contribution in [2.24, 2.45) is 0 Å². The van der Waals surface area contributed by atoms with Crippen LogP contribution in [-0.4, -0.2) is 30.0 Å². The maximum atomic E-state index is 13.6. The number of aryl methyl sites for hydroxylation is 1. The van der Waals surface area contributed by atoms with E-state index in [0.717, 1.165) is 24.2 Å². The molecule has 0 atom stereocenters. The molecular formula is C28H25N3O2S. The molecule has 2 aliphatic rings. The highest BCUT2D eigenvalue weighted by molar-refractivity contribution is 7.81. The van der Waals surface area contributed by atoms with Gasteiger partial charge in [0.2, 0.25) is 0 Å². The average molecular weight is 468 g/mol. The molecule has 3 aromatic rings. The molecule has 0 bridgehead atoms. The van der Waals surface area contributed by atoms with Gasteiger partial charge in [-0.25, -0.2) is 0 Å². The van der Waals surface area contributed by atoms with Crippen LogP contribution in [0.1, 0.15) is 24.0 Å². The number of rotatable bonds is 4. The molecular weight excluding hydrogens is 442 g/mol. The van der Waals surface area contributed by atoms with Gasteiger partial charge in [0.05, 0.1) is 11.4 Å². The number of carbonyl (C=O) groups is 2. The van der Waals surface area contributed by atoms with Gasteiger partial charge < -0.3 is 4.90 Å². The molecule has 0 radical (unpaired) electrons. The highest BCUT2D eigenvalue weighted by Gasteiger charge is 2.41. The molecule has 2 heterocycles. The molecule has 2 saturated heterocycles. The molecule has 2 fully saturated rings. The van der Waals surface area contributed by atoms with Crippen LogP contribution in [0, 0.1) is 6.92 Å². The van der Waals surface area contributed by atoms with E-state index in [1.165, 1.54) is 28.3 Å². The van der Waals surface area contributed by atoms with Gasteiger partial charge in [-0.05, 0) is 85.6 Å².